The van der Waals surface area contributed by atoms with Crippen molar-refractivity contribution in [1.82, 2.24) is 10.2 Å². The maximum absolute atomic E-state index is 3.70. The van der Waals surface area contributed by atoms with Crippen LogP contribution < -0.4 is 5.32 Å². The van der Waals surface area contributed by atoms with Crippen molar-refractivity contribution in [3.05, 3.63) is 0 Å². The molecule has 0 aromatic heterocycles. The highest BCUT2D eigenvalue weighted by Crippen LogP contribution is 2.24. The van der Waals surface area contributed by atoms with E-state index in [-0.39, 0.29) is 0 Å². The van der Waals surface area contributed by atoms with Crippen molar-refractivity contribution >= 4 is 0 Å². The summed E-state index contributed by atoms with van der Waals surface area (Å²) in [6.45, 7) is 12.8. The molecule has 0 radical (unpaired) electrons. The molecular weight excluding hydrogens is 208 g/mol. The molecule has 0 spiro atoms. The van der Waals surface area contributed by atoms with Crippen molar-refractivity contribution in [2.75, 3.05) is 19.6 Å². The standard InChI is InChI=1S/C15H32N2/c1-5-13(4)12-17(7-3)15-11-9-8-10-14(15)16-6-2/h13-16H,5-12H2,1-4H3. The van der Waals surface area contributed by atoms with Gasteiger partial charge in [-0.1, -0.05) is 47.0 Å². The van der Waals surface area contributed by atoms with E-state index in [4.69, 9.17) is 0 Å². The van der Waals surface area contributed by atoms with Crippen LogP contribution in [0.3, 0.4) is 0 Å². The molecule has 1 aliphatic carbocycles. The molecule has 102 valence electrons. The van der Waals surface area contributed by atoms with Crippen molar-refractivity contribution < 1.29 is 0 Å². The summed E-state index contributed by atoms with van der Waals surface area (Å²) < 4.78 is 0. The third kappa shape index (κ3) is 4.59. The lowest BCUT2D eigenvalue weighted by Gasteiger charge is -2.41. The van der Waals surface area contributed by atoms with Gasteiger partial charge < -0.3 is 5.32 Å². The molecular formula is C15H32N2. The van der Waals surface area contributed by atoms with Gasteiger partial charge in [0.25, 0.3) is 0 Å². The van der Waals surface area contributed by atoms with Crippen LogP contribution in [0.25, 0.3) is 0 Å². The zero-order valence-corrected chi connectivity index (χ0v) is 12.3. The van der Waals surface area contributed by atoms with E-state index in [1.54, 1.807) is 0 Å². The number of rotatable bonds is 7. The first-order valence-electron chi connectivity index (χ1n) is 7.70. The third-order valence-corrected chi connectivity index (χ3v) is 4.31. The molecule has 1 aliphatic rings. The van der Waals surface area contributed by atoms with E-state index in [9.17, 15) is 0 Å². The van der Waals surface area contributed by atoms with Gasteiger partial charge in [-0.25, -0.2) is 0 Å². The topological polar surface area (TPSA) is 15.3 Å². The van der Waals surface area contributed by atoms with E-state index in [0.717, 1.165) is 24.5 Å². The molecule has 1 fully saturated rings. The Morgan fingerprint density at radius 3 is 2.47 bits per heavy atom. The minimum absolute atomic E-state index is 0.734. The van der Waals surface area contributed by atoms with Gasteiger partial charge in [-0.2, -0.15) is 0 Å². The second-order valence-electron chi connectivity index (χ2n) is 5.62. The summed E-state index contributed by atoms with van der Waals surface area (Å²) in [4.78, 5) is 2.72. The van der Waals surface area contributed by atoms with E-state index in [1.807, 2.05) is 0 Å². The Morgan fingerprint density at radius 2 is 1.88 bits per heavy atom. The average molecular weight is 240 g/mol. The molecule has 1 rings (SSSR count). The van der Waals surface area contributed by atoms with Gasteiger partial charge in [0.15, 0.2) is 0 Å². The highest BCUT2D eigenvalue weighted by atomic mass is 15.2. The summed E-state index contributed by atoms with van der Waals surface area (Å²) in [7, 11) is 0. The molecule has 3 unspecified atom stereocenters. The molecule has 17 heavy (non-hydrogen) atoms. The molecule has 2 heteroatoms. The van der Waals surface area contributed by atoms with Crippen molar-refractivity contribution in [1.29, 1.82) is 0 Å². The number of nitrogens with one attached hydrogen (secondary N) is 1. The first-order valence-corrected chi connectivity index (χ1v) is 7.70. The predicted molar refractivity (Wildman–Crippen MR) is 76.4 cm³/mol. The third-order valence-electron chi connectivity index (χ3n) is 4.31. The Hall–Kier alpha value is -0.0800. The molecule has 3 atom stereocenters. The van der Waals surface area contributed by atoms with Crippen molar-refractivity contribution in [2.24, 2.45) is 5.92 Å². The minimum atomic E-state index is 0.734. The Labute approximate surface area is 108 Å². The molecule has 0 saturated heterocycles. The lowest BCUT2D eigenvalue weighted by Crippen LogP contribution is -2.52. The normalized spacial score (nSPS) is 27.4. The Morgan fingerprint density at radius 1 is 1.18 bits per heavy atom. The minimum Gasteiger partial charge on any atom is -0.313 e. The molecule has 0 heterocycles. The van der Waals surface area contributed by atoms with Crippen LogP contribution in [-0.2, 0) is 0 Å². The van der Waals surface area contributed by atoms with Crippen LogP contribution in [0, 0.1) is 5.92 Å². The molecule has 0 aromatic carbocycles. The largest absolute Gasteiger partial charge is 0.313 e. The smallest absolute Gasteiger partial charge is 0.0249 e. The van der Waals surface area contributed by atoms with Crippen molar-refractivity contribution in [3.8, 4) is 0 Å². The van der Waals surface area contributed by atoms with Crippen LogP contribution in [0.4, 0.5) is 0 Å². The second-order valence-corrected chi connectivity index (χ2v) is 5.62. The fraction of sp³-hybridized carbons (Fsp3) is 1.00. The van der Waals surface area contributed by atoms with Crippen molar-refractivity contribution in [2.45, 2.75) is 71.9 Å². The molecule has 2 nitrogen and oxygen atoms in total. The highest BCUT2D eigenvalue weighted by molar-refractivity contribution is 4.88. The van der Waals surface area contributed by atoms with E-state index in [2.05, 4.69) is 37.9 Å². The molecule has 0 bridgehead atoms. The van der Waals surface area contributed by atoms with Gasteiger partial charge in [-0.3, -0.25) is 4.90 Å². The summed E-state index contributed by atoms with van der Waals surface area (Å²) in [5.74, 6) is 0.833. The van der Waals surface area contributed by atoms with E-state index < -0.39 is 0 Å². The van der Waals surface area contributed by atoms with Gasteiger partial charge in [0.2, 0.25) is 0 Å². The van der Waals surface area contributed by atoms with Gasteiger partial charge in [-0.05, 0) is 31.8 Å². The quantitative estimate of drug-likeness (QED) is 0.735. The van der Waals surface area contributed by atoms with Gasteiger partial charge in [-0.15, -0.1) is 0 Å². The maximum atomic E-state index is 3.70. The molecule has 0 amide bonds. The first-order chi connectivity index (χ1) is 8.22. The van der Waals surface area contributed by atoms with E-state index in [0.29, 0.717) is 0 Å². The van der Waals surface area contributed by atoms with Gasteiger partial charge >= 0.3 is 0 Å². The van der Waals surface area contributed by atoms with Crippen LogP contribution in [0.2, 0.25) is 0 Å². The summed E-state index contributed by atoms with van der Waals surface area (Å²) in [6.07, 6.45) is 6.89. The van der Waals surface area contributed by atoms with Crippen LogP contribution in [0.1, 0.15) is 59.8 Å². The molecule has 1 saturated carbocycles. The number of hydrogen-bond acceptors (Lipinski definition) is 2. The Kier molecular flexibility index (Phi) is 7.14. The lowest BCUT2D eigenvalue weighted by atomic mass is 9.88. The Bertz CT molecular complexity index is 191. The lowest BCUT2D eigenvalue weighted by molar-refractivity contribution is 0.112. The fourth-order valence-electron chi connectivity index (χ4n) is 3.08. The van der Waals surface area contributed by atoms with Gasteiger partial charge in [0.05, 0.1) is 0 Å². The van der Waals surface area contributed by atoms with Gasteiger partial charge in [0.1, 0.15) is 0 Å². The molecule has 0 aromatic rings. The van der Waals surface area contributed by atoms with Crippen LogP contribution in [-0.4, -0.2) is 36.6 Å². The van der Waals surface area contributed by atoms with Gasteiger partial charge in [0, 0.05) is 18.6 Å². The van der Waals surface area contributed by atoms with E-state index in [1.165, 1.54) is 45.2 Å². The second kappa shape index (κ2) is 8.10. The van der Waals surface area contributed by atoms with Crippen LogP contribution >= 0.6 is 0 Å². The first kappa shape index (κ1) is 15.0. The summed E-state index contributed by atoms with van der Waals surface area (Å²) in [6, 6.07) is 1.51. The highest BCUT2D eigenvalue weighted by Gasteiger charge is 2.29. The number of hydrogen-bond donors (Lipinski definition) is 1. The monoisotopic (exact) mass is 240 g/mol. The zero-order chi connectivity index (χ0) is 12.7. The number of likely N-dealkylation sites (N-methyl/N-ethyl adjacent to an activating group) is 2. The fourth-order valence-corrected chi connectivity index (χ4v) is 3.08. The van der Waals surface area contributed by atoms with E-state index >= 15 is 0 Å². The Balaban J connectivity index is 2.56. The predicted octanol–water partition coefficient (Wildman–Crippen LogP) is 3.28. The molecule has 0 aliphatic heterocycles. The summed E-state index contributed by atoms with van der Waals surface area (Å²) in [5, 5.41) is 3.70. The maximum Gasteiger partial charge on any atom is 0.0249 e. The average Bonchev–Trinajstić information content (AvgIpc) is 2.37. The van der Waals surface area contributed by atoms with Crippen LogP contribution in [0.5, 0.6) is 0 Å². The number of nitrogens with zero attached hydrogens (tertiary/aromatic N) is 1. The van der Waals surface area contributed by atoms with Crippen molar-refractivity contribution in [3.63, 3.8) is 0 Å². The van der Waals surface area contributed by atoms with Crippen LogP contribution in [0.15, 0.2) is 0 Å². The summed E-state index contributed by atoms with van der Waals surface area (Å²) in [5.41, 5.74) is 0. The zero-order valence-electron chi connectivity index (χ0n) is 12.3. The molecule has 1 N–H and O–H groups in total. The summed E-state index contributed by atoms with van der Waals surface area (Å²) >= 11 is 0. The SMILES string of the molecule is CCNC1CCCCC1N(CC)CC(C)CC.